The lowest BCUT2D eigenvalue weighted by molar-refractivity contribution is 0.354. The normalized spacial score (nSPS) is 10.5. The van der Waals surface area contributed by atoms with Gasteiger partial charge in [0.1, 0.15) is 5.82 Å². The van der Waals surface area contributed by atoms with E-state index in [1.165, 1.54) is 11.1 Å². The van der Waals surface area contributed by atoms with Crippen LogP contribution in [0.15, 0.2) is 48.5 Å². The third-order valence-corrected chi connectivity index (χ3v) is 4.72. The van der Waals surface area contributed by atoms with Crippen LogP contribution in [0.1, 0.15) is 22.4 Å². The Balaban J connectivity index is 1.59. The van der Waals surface area contributed by atoms with Crippen molar-refractivity contribution >= 4 is 11.8 Å². The van der Waals surface area contributed by atoms with Gasteiger partial charge in [0, 0.05) is 24.8 Å². The highest BCUT2D eigenvalue weighted by atomic mass is 16.5. The van der Waals surface area contributed by atoms with Crippen LogP contribution in [0.5, 0.6) is 11.5 Å². The Hall–Kier alpha value is -3.28. The van der Waals surface area contributed by atoms with Gasteiger partial charge in [0.05, 0.1) is 14.2 Å². The molecule has 1 heterocycles. The van der Waals surface area contributed by atoms with Crippen LogP contribution in [0.4, 0.5) is 11.8 Å². The molecule has 0 aliphatic heterocycles. The molecule has 3 aromatic rings. The number of aromatic nitrogens is 2. The first-order valence-electron chi connectivity index (χ1n) is 9.68. The summed E-state index contributed by atoms with van der Waals surface area (Å²) in [6.45, 7) is 5.54. The highest BCUT2D eigenvalue weighted by Gasteiger charge is 2.06. The summed E-state index contributed by atoms with van der Waals surface area (Å²) in [5, 5.41) is 6.71. The van der Waals surface area contributed by atoms with Crippen LogP contribution < -0.4 is 20.1 Å². The van der Waals surface area contributed by atoms with Crippen LogP contribution in [0.3, 0.4) is 0 Å². The Bertz CT molecular complexity index is 959. The molecule has 152 valence electrons. The minimum Gasteiger partial charge on any atom is -0.493 e. The summed E-state index contributed by atoms with van der Waals surface area (Å²) >= 11 is 0. The molecule has 0 saturated heterocycles. The van der Waals surface area contributed by atoms with E-state index in [2.05, 4.69) is 45.7 Å². The van der Waals surface area contributed by atoms with Crippen molar-refractivity contribution in [2.45, 2.75) is 26.8 Å². The smallest absolute Gasteiger partial charge is 0.224 e. The first-order chi connectivity index (χ1) is 14.1. The highest BCUT2D eigenvalue weighted by Crippen LogP contribution is 2.27. The lowest BCUT2D eigenvalue weighted by Gasteiger charge is -2.12. The molecule has 0 saturated carbocycles. The Kier molecular flexibility index (Phi) is 6.89. The third kappa shape index (κ3) is 5.60. The van der Waals surface area contributed by atoms with Crippen molar-refractivity contribution in [3.8, 4) is 11.5 Å². The molecule has 2 aromatic carbocycles. The molecule has 0 atom stereocenters. The van der Waals surface area contributed by atoms with Gasteiger partial charge in [-0.2, -0.15) is 4.98 Å². The molecule has 0 spiro atoms. The van der Waals surface area contributed by atoms with Gasteiger partial charge in [-0.1, -0.05) is 30.3 Å². The number of ether oxygens (including phenoxy) is 2. The largest absolute Gasteiger partial charge is 0.493 e. The molecular weight excluding hydrogens is 364 g/mol. The topological polar surface area (TPSA) is 68.3 Å². The van der Waals surface area contributed by atoms with Crippen molar-refractivity contribution in [1.82, 2.24) is 9.97 Å². The number of methoxy groups -OCH3 is 2. The van der Waals surface area contributed by atoms with Crippen molar-refractivity contribution in [3.05, 3.63) is 70.9 Å². The van der Waals surface area contributed by atoms with Gasteiger partial charge in [-0.05, 0) is 49.1 Å². The Morgan fingerprint density at radius 3 is 2.41 bits per heavy atom. The molecule has 0 fully saturated rings. The summed E-state index contributed by atoms with van der Waals surface area (Å²) in [5.74, 6) is 2.90. The number of anilines is 2. The average Bonchev–Trinajstić information content (AvgIpc) is 2.72. The first kappa shape index (κ1) is 20.5. The Morgan fingerprint density at radius 2 is 1.66 bits per heavy atom. The fourth-order valence-electron chi connectivity index (χ4n) is 3.09. The van der Waals surface area contributed by atoms with Gasteiger partial charge < -0.3 is 20.1 Å². The van der Waals surface area contributed by atoms with Crippen LogP contribution >= 0.6 is 0 Å². The summed E-state index contributed by atoms with van der Waals surface area (Å²) < 4.78 is 10.7. The first-order valence-corrected chi connectivity index (χ1v) is 9.68. The molecule has 0 amide bonds. The summed E-state index contributed by atoms with van der Waals surface area (Å²) in [6, 6.07) is 16.2. The number of hydrogen-bond donors (Lipinski definition) is 2. The molecule has 0 aliphatic rings. The van der Waals surface area contributed by atoms with E-state index in [0.29, 0.717) is 5.95 Å². The zero-order valence-electron chi connectivity index (χ0n) is 17.5. The van der Waals surface area contributed by atoms with Gasteiger partial charge in [-0.25, -0.2) is 4.98 Å². The van der Waals surface area contributed by atoms with Gasteiger partial charge in [-0.15, -0.1) is 0 Å². The predicted molar refractivity (Wildman–Crippen MR) is 117 cm³/mol. The number of benzene rings is 2. The molecule has 1 aromatic heterocycles. The van der Waals surface area contributed by atoms with E-state index in [4.69, 9.17) is 9.47 Å². The minimum absolute atomic E-state index is 0.623. The van der Waals surface area contributed by atoms with Crippen molar-refractivity contribution in [3.63, 3.8) is 0 Å². The highest BCUT2D eigenvalue weighted by molar-refractivity contribution is 5.45. The quantitative estimate of drug-likeness (QED) is 0.563. The second-order valence-corrected chi connectivity index (χ2v) is 6.86. The third-order valence-electron chi connectivity index (χ3n) is 4.72. The minimum atomic E-state index is 0.623. The average molecular weight is 393 g/mol. The maximum absolute atomic E-state index is 5.37. The van der Waals surface area contributed by atoms with Crippen molar-refractivity contribution in [1.29, 1.82) is 0 Å². The van der Waals surface area contributed by atoms with Crippen LogP contribution in [0.2, 0.25) is 0 Å². The van der Waals surface area contributed by atoms with Crippen LogP contribution in [0, 0.1) is 13.8 Å². The van der Waals surface area contributed by atoms with Crippen molar-refractivity contribution in [2.75, 3.05) is 31.4 Å². The number of rotatable bonds is 9. The van der Waals surface area contributed by atoms with E-state index >= 15 is 0 Å². The monoisotopic (exact) mass is 392 g/mol. The van der Waals surface area contributed by atoms with E-state index in [1.54, 1.807) is 14.2 Å². The second kappa shape index (κ2) is 9.78. The molecule has 6 heteroatoms. The standard InChI is InChI=1S/C23H28N4O2/c1-16-7-5-6-8-19(16)15-25-22-13-17(2)26-23(27-22)24-12-11-18-9-10-20(28-3)21(14-18)29-4/h5-10,13-14H,11-12,15H2,1-4H3,(H2,24,25,26,27). The van der Waals surface area contributed by atoms with E-state index in [9.17, 15) is 0 Å². The zero-order valence-corrected chi connectivity index (χ0v) is 17.5. The molecule has 3 rings (SSSR count). The van der Waals surface area contributed by atoms with Crippen LogP contribution in [0.25, 0.3) is 0 Å². The molecule has 0 bridgehead atoms. The summed E-state index contributed by atoms with van der Waals surface area (Å²) in [4.78, 5) is 9.08. The molecule has 0 radical (unpaired) electrons. The number of nitrogens with one attached hydrogen (secondary N) is 2. The fourth-order valence-corrected chi connectivity index (χ4v) is 3.09. The second-order valence-electron chi connectivity index (χ2n) is 6.86. The van der Waals surface area contributed by atoms with E-state index < -0.39 is 0 Å². The van der Waals surface area contributed by atoms with Gasteiger partial charge >= 0.3 is 0 Å². The summed E-state index contributed by atoms with van der Waals surface area (Å²) in [5.41, 5.74) is 4.59. The van der Waals surface area contributed by atoms with Crippen LogP contribution in [-0.2, 0) is 13.0 Å². The Morgan fingerprint density at radius 1 is 0.862 bits per heavy atom. The summed E-state index contributed by atoms with van der Waals surface area (Å²) in [7, 11) is 3.28. The lowest BCUT2D eigenvalue weighted by Crippen LogP contribution is -2.11. The lowest BCUT2D eigenvalue weighted by atomic mass is 10.1. The number of nitrogens with zero attached hydrogens (tertiary/aromatic N) is 2. The van der Waals surface area contributed by atoms with Crippen LogP contribution in [-0.4, -0.2) is 30.7 Å². The molecular formula is C23H28N4O2. The molecule has 2 N–H and O–H groups in total. The van der Waals surface area contributed by atoms with Gasteiger partial charge in [0.15, 0.2) is 11.5 Å². The predicted octanol–water partition coefficient (Wildman–Crippen LogP) is 4.38. The van der Waals surface area contributed by atoms with Gasteiger partial charge in [0.2, 0.25) is 5.95 Å². The maximum atomic E-state index is 5.37. The van der Waals surface area contributed by atoms with E-state index in [0.717, 1.165) is 48.1 Å². The molecule has 0 aliphatic carbocycles. The number of hydrogen-bond acceptors (Lipinski definition) is 6. The van der Waals surface area contributed by atoms with Gasteiger partial charge in [0.25, 0.3) is 0 Å². The SMILES string of the molecule is COc1ccc(CCNc2nc(C)cc(NCc3ccccc3C)n2)cc1OC. The molecule has 29 heavy (non-hydrogen) atoms. The van der Waals surface area contributed by atoms with Crippen molar-refractivity contribution in [2.24, 2.45) is 0 Å². The Labute approximate surface area is 172 Å². The van der Waals surface area contributed by atoms with E-state index in [1.807, 2.05) is 37.3 Å². The number of aryl methyl sites for hydroxylation is 2. The maximum Gasteiger partial charge on any atom is 0.224 e. The molecule has 0 unspecified atom stereocenters. The van der Waals surface area contributed by atoms with Gasteiger partial charge in [-0.3, -0.25) is 0 Å². The zero-order chi connectivity index (χ0) is 20.6. The van der Waals surface area contributed by atoms with E-state index in [-0.39, 0.29) is 0 Å². The fraction of sp³-hybridized carbons (Fsp3) is 0.304. The van der Waals surface area contributed by atoms with Crippen molar-refractivity contribution < 1.29 is 9.47 Å². The molecule has 6 nitrogen and oxygen atoms in total. The summed E-state index contributed by atoms with van der Waals surface area (Å²) in [6.07, 6.45) is 0.823.